The number of barbiturate groups is 1. The highest BCUT2D eigenvalue weighted by molar-refractivity contribution is 6.39. The fourth-order valence-corrected chi connectivity index (χ4v) is 4.18. The number of aryl methyl sites for hydroxylation is 1. The van der Waals surface area contributed by atoms with Crippen molar-refractivity contribution in [2.45, 2.75) is 13.8 Å². The molecule has 212 valence electrons. The summed E-state index contributed by atoms with van der Waals surface area (Å²) in [5.41, 5.74) is 1.33. The van der Waals surface area contributed by atoms with Gasteiger partial charge in [0.25, 0.3) is 11.8 Å². The molecule has 1 heterocycles. The summed E-state index contributed by atoms with van der Waals surface area (Å²) in [7, 11) is 4.31. The second kappa shape index (κ2) is 12.2. The molecular weight excluding hydrogens is 532 g/mol. The molecule has 0 unspecified atom stereocenters. The van der Waals surface area contributed by atoms with Gasteiger partial charge in [-0.1, -0.05) is 24.3 Å². The van der Waals surface area contributed by atoms with Crippen molar-refractivity contribution in [2.24, 2.45) is 0 Å². The fourth-order valence-electron chi connectivity index (χ4n) is 4.18. The van der Waals surface area contributed by atoms with Crippen molar-refractivity contribution in [3.8, 4) is 28.7 Å². The van der Waals surface area contributed by atoms with Gasteiger partial charge in [0.2, 0.25) is 5.75 Å². The van der Waals surface area contributed by atoms with Crippen molar-refractivity contribution in [1.82, 2.24) is 5.32 Å². The maximum Gasteiger partial charge on any atom is 0.343 e. The summed E-state index contributed by atoms with van der Waals surface area (Å²) >= 11 is 0. The van der Waals surface area contributed by atoms with E-state index in [1.165, 1.54) is 51.7 Å². The Labute approximate surface area is 236 Å². The molecule has 11 heteroatoms. The average Bonchev–Trinajstić information content (AvgIpc) is 2.96. The molecule has 41 heavy (non-hydrogen) atoms. The first kappa shape index (κ1) is 28.7. The van der Waals surface area contributed by atoms with Crippen LogP contribution in [0.3, 0.4) is 0 Å². The van der Waals surface area contributed by atoms with Gasteiger partial charge in [-0.2, -0.15) is 0 Å². The Balaban J connectivity index is 1.66. The van der Waals surface area contributed by atoms with Gasteiger partial charge in [0.1, 0.15) is 5.57 Å². The third-order valence-electron chi connectivity index (χ3n) is 6.14. The van der Waals surface area contributed by atoms with Crippen LogP contribution >= 0.6 is 0 Å². The van der Waals surface area contributed by atoms with Gasteiger partial charge in [0.15, 0.2) is 23.0 Å². The van der Waals surface area contributed by atoms with Crippen LogP contribution in [0.5, 0.6) is 28.7 Å². The summed E-state index contributed by atoms with van der Waals surface area (Å²) in [5, 5.41) is 2.21. The van der Waals surface area contributed by atoms with Gasteiger partial charge in [0, 0.05) is 0 Å². The Hall–Kier alpha value is -5.32. The van der Waals surface area contributed by atoms with Crippen molar-refractivity contribution in [1.29, 1.82) is 0 Å². The topological polar surface area (TPSA) is 130 Å². The Morgan fingerprint density at radius 1 is 0.878 bits per heavy atom. The van der Waals surface area contributed by atoms with Crippen molar-refractivity contribution in [2.75, 3.05) is 32.8 Å². The van der Waals surface area contributed by atoms with Crippen molar-refractivity contribution >= 4 is 35.6 Å². The number of imide groups is 2. The zero-order chi connectivity index (χ0) is 29.7. The maximum atomic E-state index is 13.3. The Morgan fingerprint density at radius 3 is 2.17 bits per heavy atom. The molecule has 1 aliphatic rings. The van der Waals surface area contributed by atoms with Crippen molar-refractivity contribution < 1.29 is 42.9 Å². The largest absolute Gasteiger partial charge is 0.493 e. The van der Waals surface area contributed by atoms with E-state index >= 15 is 0 Å². The number of amides is 4. The number of nitrogens with zero attached hydrogens (tertiary/aromatic N) is 1. The molecule has 0 saturated carbocycles. The second-order valence-corrected chi connectivity index (χ2v) is 8.69. The first-order valence-corrected chi connectivity index (χ1v) is 12.5. The van der Waals surface area contributed by atoms with E-state index in [1.54, 1.807) is 44.2 Å². The van der Waals surface area contributed by atoms with Crippen LogP contribution in [0.2, 0.25) is 0 Å². The number of rotatable bonds is 9. The number of benzene rings is 3. The van der Waals surface area contributed by atoms with E-state index < -0.39 is 23.8 Å². The van der Waals surface area contributed by atoms with E-state index in [1.807, 2.05) is 0 Å². The van der Waals surface area contributed by atoms with Gasteiger partial charge in [0.05, 0.1) is 39.2 Å². The summed E-state index contributed by atoms with van der Waals surface area (Å²) in [6.07, 6.45) is 1.34. The normalized spacial score (nSPS) is 14.0. The van der Waals surface area contributed by atoms with Gasteiger partial charge >= 0.3 is 12.0 Å². The third kappa shape index (κ3) is 5.83. The molecular formula is C30H28N2O9. The molecule has 1 aliphatic heterocycles. The molecule has 1 fully saturated rings. The monoisotopic (exact) mass is 560 g/mol. The number of anilines is 1. The number of urea groups is 1. The van der Waals surface area contributed by atoms with Gasteiger partial charge < -0.3 is 23.7 Å². The number of hydrogen-bond acceptors (Lipinski definition) is 9. The Morgan fingerprint density at radius 2 is 1.56 bits per heavy atom. The molecule has 0 atom stereocenters. The van der Waals surface area contributed by atoms with E-state index in [4.69, 9.17) is 23.7 Å². The van der Waals surface area contributed by atoms with E-state index in [-0.39, 0.29) is 40.7 Å². The van der Waals surface area contributed by atoms with Gasteiger partial charge in [-0.3, -0.25) is 14.9 Å². The van der Waals surface area contributed by atoms with Gasteiger partial charge in [-0.15, -0.1) is 0 Å². The lowest BCUT2D eigenvalue weighted by Crippen LogP contribution is -2.54. The highest BCUT2D eigenvalue weighted by Gasteiger charge is 2.37. The molecule has 0 spiro atoms. The number of carbonyl (C=O) groups excluding carboxylic acids is 4. The zero-order valence-electron chi connectivity index (χ0n) is 23.1. The predicted octanol–water partition coefficient (Wildman–Crippen LogP) is 4.31. The third-order valence-corrected chi connectivity index (χ3v) is 6.14. The quantitative estimate of drug-likeness (QED) is 0.176. The minimum Gasteiger partial charge on any atom is -0.493 e. The number of para-hydroxylation sites is 1. The van der Waals surface area contributed by atoms with E-state index in [0.717, 1.165) is 4.90 Å². The summed E-state index contributed by atoms with van der Waals surface area (Å²) in [4.78, 5) is 52.4. The molecule has 11 nitrogen and oxygen atoms in total. The number of ether oxygens (including phenoxy) is 5. The first-order valence-electron chi connectivity index (χ1n) is 12.5. The molecule has 0 aliphatic carbocycles. The number of methoxy groups -OCH3 is 3. The summed E-state index contributed by atoms with van der Waals surface area (Å²) in [6, 6.07) is 13.4. The second-order valence-electron chi connectivity index (χ2n) is 8.69. The van der Waals surface area contributed by atoms with E-state index in [2.05, 4.69) is 5.32 Å². The summed E-state index contributed by atoms with van der Waals surface area (Å²) in [5.74, 6) is -1.15. The van der Waals surface area contributed by atoms with Crippen LogP contribution in [0.25, 0.3) is 6.08 Å². The molecule has 1 N–H and O–H groups in total. The molecule has 0 radical (unpaired) electrons. The van der Waals surface area contributed by atoms with E-state index in [0.29, 0.717) is 22.6 Å². The highest BCUT2D eigenvalue weighted by atomic mass is 16.6. The van der Waals surface area contributed by atoms with Gasteiger partial charge in [-0.25, -0.2) is 14.5 Å². The van der Waals surface area contributed by atoms with Crippen molar-refractivity contribution in [3.63, 3.8) is 0 Å². The number of hydrogen-bond donors (Lipinski definition) is 1. The number of nitrogens with one attached hydrogen (secondary N) is 1. The summed E-state index contributed by atoms with van der Waals surface area (Å²) < 4.78 is 27.2. The Kier molecular flexibility index (Phi) is 8.57. The molecule has 1 saturated heterocycles. The number of carbonyl (C=O) groups is 4. The lowest BCUT2D eigenvalue weighted by atomic mass is 10.1. The standard InChI is InChI=1S/C30H28N2O9/c1-6-40-23-14-18(13-20-27(33)31-30(36)32(28(20)34)21-10-8-7-9-17(21)2)11-12-22(23)41-29(35)19-15-24(37-3)26(39-5)25(16-19)38-4/h7-16H,6H2,1-5H3,(H,31,33,36)/b20-13+. The molecule has 3 aromatic rings. The zero-order valence-corrected chi connectivity index (χ0v) is 23.1. The van der Waals surface area contributed by atoms with Crippen LogP contribution < -0.4 is 33.9 Å². The maximum absolute atomic E-state index is 13.3. The molecule has 0 bridgehead atoms. The smallest absolute Gasteiger partial charge is 0.343 e. The SMILES string of the molecule is CCOc1cc(/C=C2\C(=O)NC(=O)N(c3ccccc3C)C2=O)ccc1OC(=O)c1cc(OC)c(OC)c(OC)c1. The van der Waals surface area contributed by atoms with E-state index in [9.17, 15) is 19.2 Å². The molecule has 0 aromatic heterocycles. The fraction of sp³-hybridized carbons (Fsp3) is 0.200. The lowest BCUT2D eigenvalue weighted by Gasteiger charge is -2.27. The van der Waals surface area contributed by atoms with Crippen LogP contribution in [-0.2, 0) is 9.59 Å². The first-order chi connectivity index (χ1) is 19.7. The van der Waals surface area contributed by atoms with Gasteiger partial charge in [-0.05, 0) is 61.4 Å². The minimum absolute atomic E-state index is 0.101. The molecule has 4 rings (SSSR count). The average molecular weight is 561 g/mol. The molecule has 3 aromatic carbocycles. The minimum atomic E-state index is -0.837. The van der Waals surface area contributed by atoms with Crippen LogP contribution in [0.15, 0.2) is 60.2 Å². The van der Waals surface area contributed by atoms with Crippen LogP contribution in [0, 0.1) is 6.92 Å². The molecule has 4 amide bonds. The van der Waals surface area contributed by atoms with Crippen LogP contribution in [0.1, 0.15) is 28.4 Å². The Bertz CT molecular complexity index is 1540. The van der Waals surface area contributed by atoms with Crippen LogP contribution in [0.4, 0.5) is 10.5 Å². The summed E-state index contributed by atoms with van der Waals surface area (Å²) in [6.45, 7) is 3.74. The number of esters is 1. The predicted molar refractivity (Wildman–Crippen MR) is 149 cm³/mol. The highest BCUT2D eigenvalue weighted by Crippen LogP contribution is 2.39. The lowest BCUT2D eigenvalue weighted by molar-refractivity contribution is -0.122. The van der Waals surface area contributed by atoms with Crippen LogP contribution in [-0.4, -0.2) is 51.8 Å². The van der Waals surface area contributed by atoms with Crippen molar-refractivity contribution in [3.05, 3.63) is 76.9 Å².